The van der Waals surface area contributed by atoms with Crippen LogP contribution in [-0.2, 0) is 0 Å². The average Bonchev–Trinajstić information content (AvgIpc) is 2.76. The fourth-order valence-electron chi connectivity index (χ4n) is 3.92. The van der Waals surface area contributed by atoms with Gasteiger partial charge in [-0.15, -0.1) is 0 Å². The molecule has 0 bridgehead atoms. The molecule has 0 aliphatic carbocycles. The number of piperazine rings is 1. The van der Waals surface area contributed by atoms with Gasteiger partial charge in [0.25, 0.3) is 5.91 Å². The summed E-state index contributed by atoms with van der Waals surface area (Å²) in [6.45, 7) is 10.6. The number of nitrogens with one attached hydrogen (secondary N) is 1. The maximum absolute atomic E-state index is 12.6. The first-order valence-electron chi connectivity index (χ1n) is 10.5. The van der Waals surface area contributed by atoms with Crippen LogP contribution in [0.1, 0.15) is 29.8 Å². The zero-order chi connectivity index (χ0) is 22.1. The number of carbonyl (C=O) groups excluding carboxylic acids is 1. The minimum absolute atomic E-state index is 0.233. The maximum Gasteiger partial charge on any atom is 0.255 e. The van der Waals surface area contributed by atoms with E-state index in [0.717, 1.165) is 48.5 Å². The largest absolute Gasteiger partial charge is 0.354 e. The lowest BCUT2D eigenvalue weighted by Crippen LogP contribution is -2.49. The molecular formula is C24H26Cl2N4O. The monoisotopic (exact) mass is 456 g/mol. The smallest absolute Gasteiger partial charge is 0.255 e. The van der Waals surface area contributed by atoms with Crippen LogP contribution in [0.2, 0.25) is 10.0 Å². The standard InChI is InChI=1S/C24H26Cl2N4O/c1-15(2)29-8-10-30(11-9-29)23-12-16(3)19-14-18(5-7-22(19)28-23)27-24(31)17-4-6-20(25)21(26)13-17/h4-7,12-15H,8-11H2,1-3H3,(H,27,31). The number of carbonyl (C=O) groups is 1. The quantitative estimate of drug-likeness (QED) is 0.552. The molecule has 3 aromatic rings. The number of rotatable bonds is 4. The van der Waals surface area contributed by atoms with E-state index in [1.807, 2.05) is 18.2 Å². The van der Waals surface area contributed by atoms with Gasteiger partial charge in [0.1, 0.15) is 5.82 Å². The molecule has 1 aliphatic heterocycles. The van der Waals surface area contributed by atoms with E-state index in [0.29, 0.717) is 27.3 Å². The summed E-state index contributed by atoms with van der Waals surface area (Å²) in [4.78, 5) is 22.3. The van der Waals surface area contributed by atoms with E-state index in [2.05, 4.69) is 42.0 Å². The molecule has 1 aliphatic rings. The van der Waals surface area contributed by atoms with Crippen molar-refractivity contribution in [3.8, 4) is 0 Å². The number of fused-ring (bicyclic) bond motifs is 1. The Morgan fingerprint density at radius 2 is 1.74 bits per heavy atom. The SMILES string of the molecule is Cc1cc(N2CCN(C(C)C)CC2)nc2ccc(NC(=O)c3ccc(Cl)c(Cl)c3)cc12. The van der Waals surface area contributed by atoms with Gasteiger partial charge in [-0.3, -0.25) is 9.69 Å². The van der Waals surface area contributed by atoms with Gasteiger partial charge in [0.05, 0.1) is 15.6 Å². The molecule has 5 nitrogen and oxygen atoms in total. The fraction of sp³-hybridized carbons (Fsp3) is 0.333. The van der Waals surface area contributed by atoms with Crippen molar-refractivity contribution in [2.45, 2.75) is 26.8 Å². The Kier molecular flexibility index (Phi) is 6.37. The molecule has 1 aromatic heterocycles. The number of pyridine rings is 1. The van der Waals surface area contributed by atoms with Crippen molar-refractivity contribution in [1.29, 1.82) is 0 Å². The first-order valence-corrected chi connectivity index (χ1v) is 11.2. The Hall–Kier alpha value is -2.34. The predicted octanol–water partition coefficient (Wildman–Crippen LogP) is 5.63. The van der Waals surface area contributed by atoms with Gasteiger partial charge in [-0.25, -0.2) is 4.98 Å². The normalized spacial score (nSPS) is 15.0. The first kappa shape index (κ1) is 21.9. The summed E-state index contributed by atoms with van der Waals surface area (Å²) in [7, 11) is 0. The van der Waals surface area contributed by atoms with Crippen molar-refractivity contribution in [2.75, 3.05) is 36.4 Å². The summed E-state index contributed by atoms with van der Waals surface area (Å²) in [5.41, 5.74) is 3.23. The van der Waals surface area contributed by atoms with E-state index in [9.17, 15) is 4.79 Å². The van der Waals surface area contributed by atoms with Gasteiger partial charge in [-0.2, -0.15) is 0 Å². The number of aromatic nitrogens is 1. The fourth-order valence-corrected chi connectivity index (χ4v) is 4.22. The van der Waals surface area contributed by atoms with Crippen LogP contribution in [0, 0.1) is 6.92 Å². The van der Waals surface area contributed by atoms with Gasteiger partial charge in [0.2, 0.25) is 0 Å². The molecule has 1 amide bonds. The molecule has 1 saturated heterocycles. The van der Waals surface area contributed by atoms with Crippen molar-refractivity contribution in [1.82, 2.24) is 9.88 Å². The lowest BCUT2D eigenvalue weighted by atomic mass is 10.1. The highest BCUT2D eigenvalue weighted by molar-refractivity contribution is 6.42. The van der Waals surface area contributed by atoms with Crippen LogP contribution in [0.4, 0.5) is 11.5 Å². The molecule has 31 heavy (non-hydrogen) atoms. The minimum Gasteiger partial charge on any atom is -0.354 e. The summed E-state index contributed by atoms with van der Waals surface area (Å²) < 4.78 is 0. The Labute approximate surface area is 193 Å². The number of nitrogens with zero attached hydrogens (tertiary/aromatic N) is 3. The van der Waals surface area contributed by atoms with E-state index < -0.39 is 0 Å². The van der Waals surface area contributed by atoms with Crippen molar-refractivity contribution in [3.05, 3.63) is 63.6 Å². The van der Waals surface area contributed by atoms with Gasteiger partial charge in [0.15, 0.2) is 0 Å². The van der Waals surface area contributed by atoms with Gasteiger partial charge < -0.3 is 10.2 Å². The predicted molar refractivity (Wildman–Crippen MR) is 130 cm³/mol. The average molecular weight is 457 g/mol. The number of aryl methyl sites for hydroxylation is 1. The molecule has 0 radical (unpaired) electrons. The Balaban J connectivity index is 1.53. The highest BCUT2D eigenvalue weighted by Gasteiger charge is 2.20. The number of anilines is 2. The number of halogens is 2. The van der Waals surface area contributed by atoms with E-state index in [4.69, 9.17) is 28.2 Å². The number of benzene rings is 2. The summed E-state index contributed by atoms with van der Waals surface area (Å²) in [5, 5.41) is 4.74. The molecule has 4 rings (SSSR count). The third kappa shape index (κ3) is 4.79. The van der Waals surface area contributed by atoms with E-state index in [1.54, 1.807) is 18.2 Å². The maximum atomic E-state index is 12.6. The molecule has 2 heterocycles. The van der Waals surface area contributed by atoms with Gasteiger partial charge >= 0.3 is 0 Å². The third-order valence-corrected chi connectivity index (χ3v) is 6.55. The molecule has 0 saturated carbocycles. The Morgan fingerprint density at radius 1 is 1.00 bits per heavy atom. The number of hydrogen-bond donors (Lipinski definition) is 1. The number of amides is 1. The molecule has 0 spiro atoms. The molecule has 0 unspecified atom stereocenters. The van der Waals surface area contributed by atoms with Crippen LogP contribution < -0.4 is 10.2 Å². The lowest BCUT2D eigenvalue weighted by molar-refractivity contribution is 0.102. The molecule has 0 atom stereocenters. The summed E-state index contributed by atoms with van der Waals surface area (Å²) in [6, 6.07) is 13.4. The number of hydrogen-bond acceptors (Lipinski definition) is 4. The highest BCUT2D eigenvalue weighted by Crippen LogP contribution is 2.27. The Bertz CT molecular complexity index is 1120. The van der Waals surface area contributed by atoms with Crippen LogP contribution in [0.25, 0.3) is 10.9 Å². The van der Waals surface area contributed by atoms with Crippen molar-refractivity contribution < 1.29 is 4.79 Å². The van der Waals surface area contributed by atoms with E-state index in [-0.39, 0.29) is 5.91 Å². The highest BCUT2D eigenvalue weighted by atomic mass is 35.5. The van der Waals surface area contributed by atoms with Gasteiger partial charge in [0, 0.05) is 48.9 Å². The van der Waals surface area contributed by atoms with Crippen LogP contribution in [0.5, 0.6) is 0 Å². The molecule has 2 aromatic carbocycles. The molecule has 1 fully saturated rings. The van der Waals surface area contributed by atoms with Crippen LogP contribution in [0.3, 0.4) is 0 Å². The van der Waals surface area contributed by atoms with Crippen molar-refractivity contribution in [3.63, 3.8) is 0 Å². The van der Waals surface area contributed by atoms with Crippen LogP contribution in [0.15, 0.2) is 42.5 Å². The van der Waals surface area contributed by atoms with E-state index >= 15 is 0 Å². The first-order chi connectivity index (χ1) is 14.8. The third-order valence-electron chi connectivity index (χ3n) is 5.81. The zero-order valence-electron chi connectivity index (χ0n) is 18.0. The second-order valence-electron chi connectivity index (χ2n) is 8.23. The van der Waals surface area contributed by atoms with Crippen molar-refractivity contribution >= 4 is 51.5 Å². The Morgan fingerprint density at radius 3 is 2.42 bits per heavy atom. The van der Waals surface area contributed by atoms with Crippen LogP contribution >= 0.6 is 23.2 Å². The van der Waals surface area contributed by atoms with Crippen LogP contribution in [-0.4, -0.2) is 48.0 Å². The molecular weight excluding hydrogens is 431 g/mol. The zero-order valence-corrected chi connectivity index (χ0v) is 19.5. The second kappa shape index (κ2) is 9.03. The second-order valence-corrected chi connectivity index (χ2v) is 9.04. The molecule has 162 valence electrons. The molecule has 7 heteroatoms. The minimum atomic E-state index is -0.233. The van der Waals surface area contributed by atoms with E-state index in [1.165, 1.54) is 0 Å². The summed E-state index contributed by atoms with van der Waals surface area (Å²) >= 11 is 12.0. The van der Waals surface area contributed by atoms with Crippen molar-refractivity contribution in [2.24, 2.45) is 0 Å². The summed E-state index contributed by atoms with van der Waals surface area (Å²) in [5.74, 6) is 0.782. The lowest BCUT2D eigenvalue weighted by Gasteiger charge is -2.37. The topological polar surface area (TPSA) is 48.5 Å². The summed E-state index contributed by atoms with van der Waals surface area (Å²) in [6.07, 6.45) is 0. The van der Waals surface area contributed by atoms with Gasteiger partial charge in [-0.05, 0) is 68.8 Å². The molecule has 1 N–H and O–H groups in total. The van der Waals surface area contributed by atoms with Gasteiger partial charge in [-0.1, -0.05) is 23.2 Å².